The van der Waals surface area contributed by atoms with Crippen LogP contribution in [-0.4, -0.2) is 39.9 Å². The third kappa shape index (κ3) is 5.47. The molecule has 0 radical (unpaired) electrons. The van der Waals surface area contributed by atoms with Gasteiger partial charge < -0.3 is 20.3 Å². The summed E-state index contributed by atoms with van der Waals surface area (Å²) in [4.78, 5) is 7.92. The van der Waals surface area contributed by atoms with Crippen molar-refractivity contribution in [1.29, 1.82) is 0 Å². The number of nitrogens with one attached hydrogen (secondary N) is 2. The number of nitrogens with zero attached hydrogens (tertiary/aromatic N) is 3. The number of hydrogen-bond acceptors (Lipinski definition) is 3. The van der Waals surface area contributed by atoms with Gasteiger partial charge in [-0.3, -0.25) is 0 Å². The second-order valence-corrected chi connectivity index (χ2v) is 6.68. The maximum atomic E-state index is 13.6. The molecule has 0 aliphatic carbocycles. The molecule has 0 amide bonds. The number of aliphatic hydroxyl groups is 1. The van der Waals surface area contributed by atoms with Gasteiger partial charge in [0.05, 0.1) is 6.54 Å². The van der Waals surface area contributed by atoms with Crippen LogP contribution in [0.1, 0.15) is 30.3 Å². The van der Waals surface area contributed by atoms with Gasteiger partial charge in [0.25, 0.3) is 0 Å². The van der Waals surface area contributed by atoms with Crippen molar-refractivity contribution in [2.45, 2.75) is 38.6 Å². The zero-order valence-electron chi connectivity index (χ0n) is 16.5. The molecular formula is C19H25F4N5O. The van der Waals surface area contributed by atoms with Crippen molar-refractivity contribution in [3.8, 4) is 0 Å². The van der Waals surface area contributed by atoms with Gasteiger partial charge in [-0.2, -0.15) is 13.2 Å². The minimum absolute atomic E-state index is 0.148. The minimum atomic E-state index is -4.90. The first kappa shape index (κ1) is 22.7. The Kier molecular flexibility index (Phi) is 7.23. The van der Waals surface area contributed by atoms with Crippen molar-refractivity contribution in [3.05, 3.63) is 53.4 Å². The molecule has 1 atom stereocenters. The van der Waals surface area contributed by atoms with Crippen LogP contribution in [0, 0.1) is 12.7 Å². The molecule has 0 aliphatic rings. The number of imidazole rings is 1. The SMILES string of the molecule is CCNC(=NCc1ccc(C)c(F)c1)NCCC(O)(c1nccn1C)C(F)(F)F. The second-order valence-electron chi connectivity index (χ2n) is 6.68. The normalized spacial score (nSPS) is 14.6. The summed E-state index contributed by atoms with van der Waals surface area (Å²) in [7, 11) is 1.39. The van der Waals surface area contributed by atoms with Crippen LogP contribution in [0.15, 0.2) is 35.6 Å². The van der Waals surface area contributed by atoms with E-state index >= 15 is 0 Å². The molecule has 1 unspecified atom stereocenters. The number of hydrogen-bond donors (Lipinski definition) is 3. The fourth-order valence-electron chi connectivity index (χ4n) is 2.75. The molecule has 0 saturated carbocycles. The largest absolute Gasteiger partial charge is 0.424 e. The standard InChI is InChI=1S/C19H25F4N5O/c1-4-24-17(27-12-14-6-5-13(2)15(20)11-14)26-8-7-18(29,19(21,22)23)16-25-9-10-28(16)3/h5-6,9-11,29H,4,7-8,12H2,1-3H3,(H2,24,26,27). The fourth-order valence-corrected chi connectivity index (χ4v) is 2.75. The lowest BCUT2D eigenvalue weighted by molar-refractivity contribution is -0.272. The van der Waals surface area contributed by atoms with Crippen LogP contribution >= 0.6 is 0 Å². The molecule has 1 heterocycles. The number of aryl methyl sites for hydroxylation is 2. The van der Waals surface area contributed by atoms with E-state index in [4.69, 9.17) is 0 Å². The number of rotatable bonds is 7. The van der Waals surface area contributed by atoms with E-state index in [0.717, 1.165) is 4.57 Å². The molecule has 0 saturated heterocycles. The van der Waals surface area contributed by atoms with Gasteiger partial charge in [0.1, 0.15) is 11.6 Å². The van der Waals surface area contributed by atoms with Crippen molar-refractivity contribution in [2.75, 3.05) is 13.1 Å². The summed E-state index contributed by atoms with van der Waals surface area (Å²) < 4.78 is 55.4. The van der Waals surface area contributed by atoms with E-state index in [1.165, 1.54) is 25.5 Å². The predicted octanol–water partition coefficient (Wildman–Crippen LogP) is 2.76. The van der Waals surface area contributed by atoms with Crippen LogP contribution in [0.5, 0.6) is 0 Å². The molecule has 6 nitrogen and oxygen atoms in total. The van der Waals surface area contributed by atoms with Crippen molar-refractivity contribution < 1.29 is 22.7 Å². The number of aliphatic imine (C=N–C) groups is 1. The monoisotopic (exact) mass is 415 g/mol. The van der Waals surface area contributed by atoms with E-state index < -0.39 is 24.0 Å². The molecule has 29 heavy (non-hydrogen) atoms. The first-order chi connectivity index (χ1) is 13.6. The van der Waals surface area contributed by atoms with Crippen molar-refractivity contribution in [1.82, 2.24) is 20.2 Å². The van der Waals surface area contributed by atoms with E-state index in [0.29, 0.717) is 17.7 Å². The highest BCUT2D eigenvalue weighted by Crippen LogP contribution is 2.40. The number of guanidine groups is 1. The Morgan fingerprint density at radius 3 is 2.55 bits per heavy atom. The van der Waals surface area contributed by atoms with Gasteiger partial charge in [-0.1, -0.05) is 12.1 Å². The summed E-state index contributed by atoms with van der Waals surface area (Å²) in [5, 5.41) is 16.0. The van der Waals surface area contributed by atoms with Crippen LogP contribution in [0.3, 0.4) is 0 Å². The molecule has 1 aromatic heterocycles. The lowest BCUT2D eigenvalue weighted by Crippen LogP contribution is -2.47. The summed E-state index contributed by atoms with van der Waals surface area (Å²) >= 11 is 0. The van der Waals surface area contributed by atoms with E-state index in [-0.39, 0.29) is 24.9 Å². The molecule has 2 aromatic rings. The summed E-state index contributed by atoms with van der Waals surface area (Å²) in [5.74, 6) is -0.567. The minimum Gasteiger partial charge on any atom is -0.374 e. The van der Waals surface area contributed by atoms with E-state index in [9.17, 15) is 22.7 Å². The Bertz CT molecular complexity index is 849. The van der Waals surface area contributed by atoms with Crippen molar-refractivity contribution in [2.24, 2.45) is 12.0 Å². The highest BCUT2D eigenvalue weighted by molar-refractivity contribution is 5.79. The zero-order chi connectivity index (χ0) is 21.7. The Hall–Kier alpha value is -2.62. The molecule has 0 bridgehead atoms. The van der Waals surface area contributed by atoms with Crippen LogP contribution in [-0.2, 0) is 19.2 Å². The number of aromatic nitrogens is 2. The van der Waals surface area contributed by atoms with Gasteiger partial charge in [-0.15, -0.1) is 0 Å². The molecular weight excluding hydrogens is 390 g/mol. The van der Waals surface area contributed by atoms with Gasteiger partial charge in [0.15, 0.2) is 5.96 Å². The zero-order valence-corrected chi connectivity index (χ0v) is 16.5. The van der Waals surface area contributed by atoms with Crippen LogP contribution < -0.4 is 10.6 Å². The smallest absolute Gasteiger partial charge is 0.374 e. The summed E-state index contributed by atoms with van der Waals surface area (Å²) in [6, 6.07) is 4.73. The Balaban J connectivity index is 2.08. The molecule has 10 heteroatoms. The first-order valence-electron chi connectivity index (χ1n) is 9.12. The number of benzene rings is 1. The summed E-state index contributed by atoms with van der Waals surface area (Å²) in [6.45, 7) is 3.88. The molecule has 0 aliphatic heterocycles. The Morgan fingerprint density at radius 1 is 1.28 bits per heavy atom. The highest BCUT2D eigenvalue weighted by atomic mass is 19.4. The number of alkyl halides is 3. The van der Waals surface area contributed by atoms with E-state index in [1.807, 2.05) is 6.92 Å². The van der Waals surface area contributed by atoms with Gasteiger partial charge in [-0.25, -0.2) is 14.4 Å². The second kappa shape index (κ2) is 9.25. The molecule has 3 N–H and O–H groups in total. The van der Waals surface area contributed by atoms with Gasteiger partial charge >= 0.3 is 6.18 Å². The van der Waals surface area contributed by atoms with Crippen LogP contribution in [0.25, 0.3) is 0 Å². The third-order valence-corrected chi connectivity index (χ3v) is 4.44. The van der Waals surface area contributed by atoms with E-state index in [2.05, 4.69) is 20.6 Å². The third-order valence-electron chi connectivity index (χ3n) is 4.44. The first-order valence-corrected chi connectivity index (χ1v) is 9.12. The van der Waals surface area contributed by atoms with Gasteiger partial charge in [0.2, 0.25) is 5.60 Å². The molecule has 2 rings (SSSR count). The van der Waals surface area contributed by atoms with Crippen molar-refractivity contribution >= 4 is 5.96 Å². The highest BCUT2D eigenvalue weighted by Gasteiger charge is 2.57. The lowest BCUT2D eigenvalue weighted by Gasteiger charge is -2.30. The Labute approximate surface area is 166 Å². The lowest BCUT2D eigenvalue weighted by atomic mass is 9.97. The van der Waals surface area contributed by atoms with Crippen molar-refractivity contribution in [3.63, 3.8) is 0 Å². The molecule has 0 fully saturated rings. The fraction of sp³-hybridized carbons (Fsp3) is 0.474. The Morgan fingerprint density at radius 2 is 2.00 bits per heavy atom. The maximum absolute atomic E-state index is 13.6. The topological polar surface area (TPSA) is 74.5 Å². The number of halogens is 4. The van der Waals surface area contributed by atoms with Crippen LogP contribution in [0.4, 0.5) is 17.6 Å². The average Bonchev–Trinajstić information content (AvgIpc) is 3.07. The molecule has 0 spiro atoms. The summed E-state index contributed by atoms with van der Waals surface area (Å²) in [6.07, 6.45) is -3.02. The van der Waals surface area contributed by atoms with Gasteiger partial charge in [0, 0.05) is 39.0 Å². The average molecular weight is 415 g/mol. The van der Waals surface area contributed by atoms with E-state index in [1.54, 1.807) is 19.1 Å². The molecule has 1 aromatic carbocycles. The predicted molar refractivity (Wildman–Crippen MR) is 102 cm³/mol. The van der Waals surface area contributed by atoms with Gasteiger partial charge in [-0.05, 0) is 31.0 Å². The quantitative estimate of drug-likeness (QED) is 0.369. The summed E-state index contributed by atoms with van der Waals surface area (Å²) in [5.41, 5.74) is -1.95. The van der Waals surface area contributed by atoms with Crippen LogP contribution in [0.2, 0.25) is 0 Å². The molecule has 160 valence electrons. The maximum Gasteiger partial charge on any atom is 0.424 e.